The fourth-order valence-electron chi connectivity index (χ4n) is 1.60. The summed E-state index contributed by atoms with van der Waals surface area (Å²) in [6.45, 7) is 3.60. The Morgan fingerprint density at radius 1 is 1.47 bits per heavy atom. The number of hydrogen-bond acceptors (Lipinski definition) is 4. The standard InChI is InChI=1S/C11H14N4S2/c1-3-14(11(16)17-2)8-15-10-7-5-4-6-9(10)12-13-15/h4-7H,3,8H2,1-2H3. The summed E-state index contributed by atoms with van der Waals surface area (Å²) >= 11 is 6.88. The Balaban J connectivity index is 2.25. The third-order valence-corrected chi connectivity index (χ3v) is 3.91. The van der Waals surface area contributed by atoms with Gasteiger partial charge in [0.05, 0.1) is 5.52 Å². The fourth-order valence-corrected chi connectivity index (χ4v) is 2.23. The number of para-hydroxylation sites is 1. The molecule has 0 atom stereocenters. The summed E-state index contributed by atoms with van der Waals surface area (Å²) < 4.78 is 2.76. The SMILES string of the molecule is CCN(Cn1nnc2ccccc21)C(=S)SC. The molecule has 0 radical (unpaired) electrons. The first-order valence-corrected chi connectivity index (χ1v) is 7.00. The minimum absolute atomic E-state index is 0.649. The van der Waals surface area contributed by atoms with Crippen LogP contribution in [0.15, 0.2) is 24.3 Å². The van der Waals surface area contributed by atoms with Crippen LogP contribution in [0.1, 0.15) is 6.92 Å². The van der Waals surface area contributed by atoms with Crippen LogP contribution >= 0.6 is 24.0 Å². The highest BCUT2D eigenvalue weighted by Gasteiger charge is 2.10. The third-order valence-electron chi connectivity index (χ3n) is 2.54. The van der Waals surface area contributed by atoms with Crippen molar-refractivity contribution in [1.29, 1.82) is 0 Å². The smallest absolute Gasteiger partial charge is 0.137 e. The van der Waals surface area contributed by atoms with Gasteiger partial charge in [-0.15, -0.1) is 16.9 Å². The van der Waals surface area contributed by atoms with Crippen molar-refractivity contribution in [3.8, 4) is 0 Å². The van der Waals surface area contributed by atoms with E-state index in [2.05, 4.69) is 22.1 Å². The molecule has 1 aromatic carbocycles. The molecule has 2 rings (SSSR count). The van der Waals surface area contributed by atoms with Crippen molar-refractivity contribution in [2.24, 2.45) is 0 Å². The minimum atomic E-state index is 0.649. The minimum Gasteiger partial charge on any atom is -0.338 e. The number of thioether (sulfide) groups is 1. The second-order valence-corrected chi connectivity index (χ2v) is 4.99. The number of benzene rings is 1. The Morgan fingerprint density at radius 3 is 2.94 bits per heavy atom. The fraction of sp³-hybridized carbons (Fsp3) is 0.364. The molecule has 0 aliphatic heterocycles. The molecular weight excluding hydrogens is 252 g/mol. The van der Waals surface area contributed by atoms with Crippen LogP contribution in [-0.4, -0.2) is 37.0 Å². The van der Waals surface area contributed by atoms with E-state index in [-0.39, 0.29) is 0 Å². The van der Waals surface area contributed by atoms with Gasteiger partial charge in [-0.1, -0.05) is 29.6 Å². The first-order valence-electron chi connectivity index (χ1n) is 5.37. The van der Waals surface area contributed by atoms with Gasteiger partial charge in [-0.3, -0.25) is 0 Å². The molecular formula is C11H14N4S2. The molecule has 0 N–H and O–H groups in total. The Hall–Kier alpha value is -1.14. The number of rotatable bonds is 3. The molecule has 4 nitrogen and oxygen atoms in total. The first kappa shape index (κ1) is 12.3. The van der Waals surface area contributed by atoms with E-state index in [0.29, 0.717) is 6.67 Å². The van der Waals surface area contributed by atoms with Gasteiger partial charge in [0.15, 0.2) is 0 Å². The maximum Gasteiger partial charge on any atom is 0.137 e. The van der Waals surface area contributed by atoms with E-state index in [1.807, 2.05) is 35.2 Å². The molecule has 0 aliphatic carbocycles. The lowest BCUT2D eigenvalue weighted by atomic mass is 10.3. The lowest BCUT2D eigenvalue weighted by molar-refractivity contribution is 0.348. The van der Waals surface area contributed by atoms with Crippen molar-refractivity contribution in [1.82, 2.24) is 19.9 Å². The van der Waals surface area contributed by atoms with E-state index >= 15 is 0 Å². The largest absolute Gasteiger partial charge is 0.338 e. The summed E-state index contributed by atoms with van der Waals surface area (Å²) in [6, 6.07) is 7.93. The van der Waals surface area contributed by atoms with Crippen LogP contribution < -0.4 is 0 Å². The lowest BCUT2D eigenvalue weighted by Gasteiger charge is -2.21. The molecule has 90 valence electrons. The van der Waals surface area contributed by atoms with Gasteiger partial charge in [-0.25, -0.2) is 4.68 Å². The molecule has 0 spiro atoms. The molecule has 0 aliphatic rings. The average Bonchev–Trinajstić information content (AvgIpc) is 2.78. The van der Waals surface area contributed by atoms with Gasteiger partial charge in [0.1, 0.15) is 16.5 Å². The number of aromatic nitrogens is 3. The Labute approximate surface area is 110 Å². The third kappa shape index (κ3) is 2.58. The summed E-state index contributed by atoms with van der Waals surface area (Å²) in [6.07, 6.45) is 1.99. The molecule has 1 heterocycles. The van der Waals surface area contributed by atoms with Gasteiger partial charge in [0.25, 0.3) is 0 Å². The van der Waals surface area contributed by atoms with Gasteiger partial charge >= 0.3 is 0 Å². The van der Waals surface area contributed by atoms with Gasteiger partial charge in [0, 0.05) is 6.54 Å². The van der Waals surface area contributed by atoms with Gasteiger partial charge in [0.2, 0.25) is 0 Å². The van der Waals surface area contributed by atoms with E-state index in [1.54, 1.807) is 11.8 Å². The van der Waals surface area contributed by atoms with Crippen molar-refractivity contribution in [3.63, 3.8) is 0 Å². The zero-order valence-electron chi connectivity index (χ0n) is 9.83. The van der Waals surface area contributed by atoms with Crippen molar-refractivity contribution >= 4 is 39.3 Å². The van der Waals surface area contributed by atoms with Gasteiger partial charge < -0.3 is 4.90 Å². The number of hydrogen-bond donors (Lipinski definition) is 0. The zero-order chi connectivity index (χ0) is 12.3. The van der Waals surface area contributed by atoms with E-state index in [0.717, 1.165) is 21.9 Å². The van der Waals surface area contributed by atoms with Crippen LogP contribution in [0.5, 0.6) is 0 Å². The highest BCUT2D eigenvalue weighted by molar-refractivity contribution is 8.22. The average molecular weight is 266 g/mol. The zero-order valence-corrected chi connectivity index (χ0v) is 11.5. The second kappa shape index (κ2) is 5.46. The maximum atomic E-state index is 5.30. The summed E-state index contributed by atoms with van der Waals surface area (Å²) in [5, 5.41) is 8.28. The summed E-state index contributed by atoms with van der Waals surface area (Å²) in [7, 11) is 0. The first-order chi connectivity index (χ1) is 8.26. The van der Waals surface area contributed by atoms with Crippen LogP contribution in [0.4, 0.5) is 0 Å². The molecule has 1 aromatic heterocycles. The molecule has 0 unspecified atom stereocenters. The molecule has 0 fully saturated rings. The Morgan fingerprint density at radius 2 is 2.24 bits per heavy atom. The molecule has 6 heteroatoms. The van der Waals surface area contributed by atoms with E-state index in [9.17, 15) is 0 Å². The molecule has 0 saturated heterocycles. The maximum absolute atomic E-state index is 5.30. The number of nitrogens with zero attached hydrogens (tertiary/aromatic N) is 4. The molecule has 17 heavy (non-hydrogen) atoms. The topological polar surface area (TPSA) is 34.0 Å². The van der Waals surface area contributed by atoms with E-state index < -0.39 is 0 Å². The van der Waals surface area contributed by atoms with Gasteiger partial charge in [-0.05, 0) is 25.3 Å². The Kier molecular flexibility index (Phi) is 3.96. The van der Waals surface area contributed by atoms with E-state index in [4.69, 9.17) is 12.2 Å². The predicted molar refractivity (Wildman–Crippen MR) is 76.0 cm³/mol. The highest BCUT2D eigenvalue weighted by Crippen LogP contribution is 2.12. The quantitative estimate of drug-likeness (QED) is 0.797. The van der Waals surface area contributed by atoms with Gasteiger partial charge in [-0.2, -0.15) is 0 Å². The molecule has 0 bridgehead atoms. The van der Waals surface area contributed by atoms with Crippen LogP contribution in [-0.2, 0) is 6.67 Å². The summed E-state index contributed by atoms with van der Waals surface area (Å²) in [5.74, 6) is 0. The van der Waals surface area contributed by atoms with Crippen molar-refractivity contribution < 1.29 is 0 Å². The monoisotopic (exact) mass is 266 g/mol. The van der Waals surface area contributed by atoms with Crippen LogP contribution in [0.3, 0.4) is 0 Å². The molecule has 2 aromatic rings. The van der Waals surface area contributed by atoms with Crippen LogP contribution in [0.25, 0.3) is 11.0 Å². The summed E-state index contributed by atoms with van der Waals surface area (Å²) in [5.41, 5.74) is 1.95. The highest BCUT2D eigenvalue weighted by atomic mass is 32.2. The molecule has 0 amide bonds. The lowest BCUT2D eigenvalue weighted by Crippen LogP contribution is -2.29. The van der Waals surface area contributed by atoms with E-state index in [1.165, 1.54) is 0 Å². The van der Waals surface area contributed by atoms with Crippen molar-refractivity contribution in [2.45, 2.75) is 13.6 Å². The number of thiocarbonyl (C=S) groups is 1. The Bertz CT molecular complexity index is 523. The molecule has 0 saturated carbocycles. The normalized spacial score (nSPS) is 10.7. The number of fused-ring (bicyclic) bond motifs is 1. The van der Waals surface area contributed by atoms with Crippen molar-refractivity contribution in [2.75, 3.05) is 12.8 Å². The van der Waals surface area contributed by atoms with Crippen LogP contribution in [0.2, 0.25) is 0 Å². The van der Waals surface area contributed by atoms with Crippen molar-refractivity contribution in [3.05, 3.63) is 24.3 Å². The second-order valence-electron chi connectivity index (χ2n) is 3.55. The van der Waals surface area contributed by atoms with Crippen LogP contribution in [0, 0.1) is 0 Å². The summed E-state index contributed by atoms with van der Waals surface area (Å²) in [4.78, 5) is 2.10. The predicted octanol–water partition coefficient (Wildman–Crippen LogP) is 2.36.